The van der Waals surface area contributed by atoms with Crippen molar-refractivity contribution in [2.45, 2.75) is 0 Å². The topological polar surface area (TPSA) is 98.3 Å². The normalized spacial score (nSPS) is 10.2. The lowest BCUT2D eigenvalue weighted by atomic mass is 10.2. The van der Waals surface area contributed by atoms with Crippen LogP contribution in [0.1, 0.15) is 5.56 Å². The number of anilines is 1. The number of hydrazone groups is 1. The number of esters is 1. The quantitative estimate of drug-likeness (QED) is 0.450. The Balaban J connectivity index is 1.79. The largest absolute Gasteiger partial charge is 0.497 e. The molecule has 8 heteroatoms. The second-order valence-electron chi connectivity index (χ2n) is 4.99. The predicted octanol–water partition coefficient (Wildman–Crippen LogP) is 2.40. The molecule has 0 atom stereocenters. The van der Waals surface area contributed by atoms with Crippen LogP contribution in [0.25, 0.3) is 0 Å². The van der Waals surface area contributed by atoms with E-state index in [2.05, 4.69) is 20.6 Å². The Kier molecular flexibility index (Phi) is 6.99. The van der Waals surface area contributed by atoms with Crippen LogP contribution in [0.5, 0.6) is 11.5 Å². The number of nitrogens with zero attached hydrogens (tertiary/aromatic N) is 1. The maximum atomic E-state index is 11.8. The summed E-state index contributed by atoms with van der Waals surface area (Å²) < 4.78 is 14.8. The molecule has 2 N–H and O–H groups in total. The molecule has 0 aromatic heterocycles. The van der Waals surface area contributed by atoms with E-state index in [-0.39, 0.29) is 6.61 Å². The van der Waals surface area contributed by atoms with Gasteiger partial charge in [-0.05, 0) is 54.1 Å². The van der Waals surface area contributed by atoms with Gasteiger partial charge in [-0.1, -0.05) is 0 Å². The molecule has 0 saturated heterocycles. The van der Waals surface area contributed by atoms with Crippen LogP contribution >= 0.6 is 0 Å². The van der Waals surface area contributed by atoms with E-state index in [1.54, 1.807) is 55.6 Å². The van der Waals surface area contributed by atoms with E-state index < -0.39 is 12.0 Å². The minimum absolute atomic E-state index is 0.156. The second-order valence-corrected chi connectivity index (χ2v) is 4.99. The molecule has 0 saturated carbocycles. The number of carbonyl (C=O) groups excluding carboxylic acids is 2. The van der Waals surface area contributed by atoms with Crippen LogP contribution in [-0.2, 0) is 9.53 Å². The average Bonchev–Trinajstić information content (AvgIpc) is 2.67. The number of hydrogen-bond donors (Lipinski definition) is 2. The lowest BCUT2D eigenvalue weighted by molar-refractivity contribution is -0.142. The van der Waals surface area contributed by atoms with Crippen molar-refractivity contribution in [2.75, 3.05) is 26.1 Å². The highest BCUT2D eigenvalue weighted by molar-refractivity contribution is 5.90. The van der Waals surface area contributed by atoms with Gasteiger partial charge >= 0.3 is 12.0 Å². The minimum Gasteiger partial charge on any atom is -0.497 e. The number of nitrogens with one attached hydrogen (secondary N) is 2. The van der Waals surface area contributed by atoms with E-state index in [4.69, 9.17) is 9.47 Å². The van der Waals surface area contributed by atoms with Crippen molar-refractivity contribution < 1.29 is 23.8 Å². The summed E-state index contributed by atoms with van der Waals surface area (Å²) in [5.41, 5.74) is 3.73. The highest BCUT2D eigenvalue weighted by Gasteiger charge is 2.02. The first kappa shape index (κ1) is 18.8. The fourth-order valence-corrected chi connectivity index (χ4v) is 1.85. The Morgan fingerprint density at radius 3 is 2.27 bits per heavy atom. The zero-order valence-corrected chi connectivity index (χ0v) is 14.4. The molecule has 0 unspecified atom stereocenters. The van der Waals surface area contributed by atoms with Gasteiger partial charge in [-0.15, -0.1) is 0 Å². The van der Waals surface area contributed by atoms with Crippen molar-refractivity contribution in [1.29, 1.82) is 0 Å². The van der Waals surface area contributed by atoms with Gasteiger partial charge in [0.05, 0.1) is 20.4 Å². The maximum absolute atomic E-state index is 11.8. The number of urea groups is 1. The third-order valence-electron chi connectivity index (χ3n) is 3.19. The van der Waals surface area contributed by atoms with E-state index in [1.165, 1.54) is 13.3 Å². The molecule has 0 aliphatic carbocycles. The van der Waals surface area contributed by atoms with Crippen LogP contribution in [0.2, 0.25) is 0 Å². The van der Waals surface area contributed by atoms with Crippen LogP contribution in [0.3, 0.4) is 0 Å². The van der Waals surface area contributed by atoms with E-state index in [0.29, 0.717) is 17.2 Å². The standard InChI is InChI=1S/C18H19N3O5/c1-24-15-9-5-14(6-10-15)20-18(23)21-19-11-13-3-7-16(8-4-13)26-12-17(22)25-2/h3-11H,12H2,1-2H3,(H2,20,21,23). The van der Waals surface area contributed by atoms with Crippen LogP contribution in [0.4, 0.5) is 10.5 Å². The Hall–Kier alpha value is -3.55. The van der Waals surface area contributed by atoms with Crippen LogP contribution in [0, 0.1) is 0 Å². The van der Waals surface area contributed by atoms with Crippen LogP contribution in [0.15, 0.2) is 53.6 Å². The van der Waals surface area contributed by atoms with Gasteiger partial charge in [0.2, 0.25) is 0 Å². The highest BCUT2D eigenvalue weighted by atomic mass is 16.6. The zero-order chi connectivity index (χ0) is 18.8. The summed E-state index contributed by atoms with van der Waals surface area (Å²) in [6.07, 6.45) is 1.48. The molecule has 0 bridgehead atoms. The molecular weight excluding hydrogens is 338 g/mol. The van der Waals surface area contributed by atoms with Crippen molar-refractivity contribution in [3.8, 4) is 11.5 Å². The minimum atomic E-state index is -0.468. The van der Waals surface area contributed by atoms with E-state index in [0.717, 1.165) is 5.56 Å². The summed E-state index contributed by atoms with van der Waals surface area (Å²) in [5.74, 6) is 0.772. The van der Waals surface area contributed by atoms with Crippen molar-refractivity contribution in [3.05, 3.63) is 54.1 Å². The van der Waals surface area contributed by atoms with E-state index in [9.17, 15) is 9.59 Å². The van der Waals surface area contributed by atoms with Gasteiger partial charge in [0.15, 0.2) is 6.61 Å². The Morgan fingerprint density at radius 2 is 1.65 bits per heavy atom. The smallest absolute Gasteiger partial charge is 0.343 e. The summed E-state index contributed by atoms with van der Waals surface area (Å²) in [5, 5.41) is 6.50. The average molecular weight is 357 g/mol. The number of amides is 2. The molecule has 26 heavy (non-hydrogen) atoms. The third kappa shape index (κ3) is 6.16. The fourth-order valence-electron chi connectivity index (χ4n) is 1.85. The number of methoxy groups -OCH3 is 2. The lowest BCUT2D eigenvalue weighted by Crippen LogP contribution is -2.24. The molecule has 136 valence electrons. The first-order chi connectivity index (χ1) is 12.6. The molecule has 0 spiro atoms. The summed E-state index contributed by atoms with van der Waals surface area (Å²) in [7, 11) is 2.87. The number of rotatable bonds is 7. The van der Waals surface area contributed by atoms with Crippen molar-refractivity contribution >= 4 is 23.9 Å². The molecule has 8 nitrogen and oxygen atoms in total. The van der Waals surface area contributed by atoms with Gasteiger partial charge in [0.1, 0.15) is 11.5 Å². The number of hydrogen-bond acceptors (Lipinski definition) is 6. The Bertz CT molecular complexity index is 757. The van der Waals surface area contributed by atoms with E-state index >= 15 is 0 Å². The second kappa shape index (κ2) is 9.67. The van der Waals surface area contributed by atoms with Crippen molar-refractivity contribution in [3.63, 3.8) is 0 Å². The molecule has 0 aliphatic heterocycles. The first-order valence-electron chi connectivity index (χ1n) is 7.64. The number of carbonyl (C=O) groups is 2. The molecule has 0 radical (unpaired) electrons. The third-order valence-corrected chi connectivity index (χ3v) is 3.19. The van der Waals surface area contributed by atoms with Crippen molar-refractivity contribution in [1.82, 2.24) is 5.43 Å². The van der Waals surface area contributed by atoms with Crippen molar-refractivity contribution in [2.24, 2.45) is 5.10 Å². The summed E-state index contributed by atoms with van der Waals surface area (Å²) in [6.45, 7) is -0.156. The molecule has 2 amide bonds. The van der Waals surface area contributed by atoms with Gasteiger partial charge < -0.3 is 19.5 Å². The monoisotopic (exact) mass is 357 g/mol. The molecule has 2 aromatic rings. The maximum Gasteiger partial charge on any atom is 0.343 e. The Labute approximate surface area is 150 Å². The lowest BCUT2D eigenvalue weighted by Gasteiger charge is -2.05. The molecule has 2 aromatic carbocycles. The molecule has 0 heterocycles. The fraction of sp³-hybridized carbons (Fsp3) is 0.167. The van der Waals surface area contributed by atoms with Gasteiger partial charge in [-0.25, -0.2) is 15.0 Å². The number of ether oxygens (including phenoxy) is 3. The van der Waals surface area contributed by atoms with E-state index in [1.807, 2.05) is 0 Å². The molecule has 0 fully saturated rings. The number of benzene rings is 2. The molecule has 0 aliphatic rings. The van der Waals surface area contributed by atoms with Gasteiger partial charge in [0.25, 0.3) is 0 Å². The Morgan fingerprint density at radius 1 is 1.00 bits per heavy atom. The molecule has 2 rings (SSSR count). The summed E-state index contributed by atoms with van der Waals surface area (Å²) in [4.78, 5) is 22.8. The summed E-state index contributed by atoms with van der Waals surface area (Å²) >= 11 is 0. The van der Waals surface area contributed by atoms with Gasteiger partial charge in [0, 0.05) is 5.69 Å². The zero-order valence-electron chi connectivity index (χ0n) is 14.4. The van der Waals surface area contributed by atoms with Gasteiger partial charge in [-0.2, -0.15) is 5.10 Å². The van der Waals surface area contributed by atoms with Crippen LogP contribution < -0.4 is 20.2 Å². The molecular formula is C18H19N3O5. The summed E-state index contributed by atoms with van der Waals surface area (Å²) in [6, 6.07) is 13.3. The van der Waals surface area contributed by atoms with Crippen LogP contribution in [-0.4, -0.2) is 39.0 Å². The predicted molar refractivity (Wildman–Crippen MR) is 96.7 cm³/mol. The van der Waals surface area contributed by atoms with Gasteiger partial charge in [-0.3, -0.25) is 0 Å². The first-order valence-corrected chi connectivity index (χ1v) is 7.64. The SMILES string of the molecule is COC(=O)COc1ccc(C=NNC(=O)Nc2ccc(OC)cc2)cc1. The highest BCUT2D eigenvalue weighted by Crippen LogP contribution is 2.14.